The zero-order valence-electron chi connectivity index (χ0n) is 18.3. The monoisotopic (exact) mass is 470 g/mol. The molecule has 1 aliphatic heterocycles. The Labute approximate surface area is 192 Å². The fraction of sp³-hybridized carbons (Fsp3) is 0.348. The fourth-order valence-electron chi connectivity index (χ4n) is 3.74. The second-order valence-corrected chi connectivity index (χ2v) is 11.0. The fourth-order valence-corrected chi connectivity index (χ4v) is 6.01. The molecule has 1 aromatic carbocycles. The molecule has 0 saturated carbocycles. The predicted molar refractivity (Wildman–Crippen MR) is 128 cm³/mol. The average molecular weight is 471 g/mol. The number of fused-ring (bicyclic) bond motifs is 2. The van der Waals surface area contributed by atoms with Crippen LogP contribution in [-0.2, 0) is 11.8 Å². The molecule has 1 aliphatic rings. The first-order chi connectivity index (χ1) is 15.2. The lowest BCUT2D eigenvalue weighted by atomic mass is 10.1. The van der Waals surface area contributed by atoms with E-state index < -0.39 is 5.60 Å². The van der Waals surface area contributed by atoms with E-state index in [1.165, 1.54) is 16.5 Å². The van der Waals surface area contributed by atoms with Gasteiger partial charge in [-0.15, -0.1) is 22.7 Å². The van der Waals surface area contributed by atoms with Gasteiger partial charge in [0.2, 0.25) is 0 Å². The number of nitrogens with zero attached hydrogens (tertiary/aromatic N) is 4. The van der Waals surface area contributed by atoms with Crippen LogP contribution in [0.5, 0.6) is 0 Å². The number of amides is 1. The van der Waals surface area contributed by atoms with Crippen LogP contribution in [0.15, 0.2) is 30.5 Å². The van der Waals surface area contributed by atoms with E-state index in [4.69, 9.17) is 9.72 Å². The summed E-state index contributed by atoms with van der Waals surface area (Å²) in [5, 5.41) is 5.73. The van der Waals surface area contributed by atoms with Gasteiger partial charge in [0, 0.05) is 42.2 Å². The molecule has 32 heavy (non-hydrogen) atoms. The normalized spacial score (nSPS) is 14.9. The van der Waals surface area contributed by atoms with Gasteiger partial charge in [-0.25, -0.2) is 14.2 Å². The average Bonchev–Trinajstić information content (AvgIpc) is 3.39. The van der Waals surface area contributed by atoms with Crippen molar-refractivity contribution in [1.29, 1.82) is 0 Å². The molecule has 4 heterocycles. The number of carbonyl (C=O) groups is 1. The van der Waals surface area contributed by atoms with Crippen molar-refractivity contribution in [3.63, 3.8) is 0 Å². The summed E-state index contributed by atoms with van der Waals surface area (Å²) in [6.45, 7) is 6.80. The number of benzene rings is 1. The highest BCUT2D eigenvalue weighted by atomic mass is 32.1. The van der Waals surface area contributed by atoms with Crippen molar-refractivity contribution in [2.45, 2.75) is 32.8 Å². The lowest BCUT2D eigenvalue weighted by Gasteiger charge is -2.29. The van der Waals surface area contributed by atoms with Gasteiger partial charge in [-0.1, -0.05) is 6.08 Å². The van der Waals surface area contributed by atoms with E-state index >= 15 is 0 Å². The van der Waals surface area contributed by atoms with Crippen molar-refractivity contribution >= 4 is 54.8 Å². The number of halogens is 1. The maximum atomic E-state index is 14.5. The van der Waals surface area contributed by atoms with E-state index in [2.05, 4.69) is 17.2 Å². The Morgan fingerprint density at radius 1 is 1.22 bits per heavy atom. The summed E-state index contributed by atoms with van der Waals surface area (Å²) >= 11 is 3.20. The minimum Gasteiger partial charge on any atom is -0.444 e. The maximum Gasteiger partial charge on any atom is 0.410 e. The van der Waals surface area contributed by atoms with Crippen molar-refractivity contribution in [1.82, 2.24) is 19.7 Å². The molecular formula is C23H23FN4O2S2. The van der Waals surface area contributed by atoms with Gasteiger partial charge >= 0.3 is 6.09 Å². The van der Waals surface area contributed by atoms with Crippen LogP contribution in [0.1, 0.15) is 32.1 Å². The van der Waals surface area contributed by atoms with Gasteiger partial charge in [0.1, 0.15) is 21.0 Å². The molecule has 6 nitrogen and oxygen atoms in total. The standard InChI is InChI=1S/C23H23FN4O2S2/c1-23(2,3)30-22(29)28-7-5-13(6-8-28)17-11-18-21(31-17)25-20(32-18)14-9-15-12-27(4)26-19(15)16(24)10-14/h5,9-12H,6-8H2,1-4H3. The molecule has 0 aliphatic carbocycles. The molecule has 1 amide bonds. The molecular weight excluding hydrogens is 447 g/mol. The SMILES string of the molecule is Cn1cc2cc(-c3nc4sc(C5=CCN(C(=O)OC(C)(C)C)CC5)cc4s3)cc(F)c2n1. The Morgan fingerprint density at radius 3 is 2.72 bits per heavy atom. The topological polar surface area (TPSA) is 60.2 Å². The zero-order chi connectivity index (χ0) is 22.6. The van der Waals surface area contributed by atoms with Crippen molar-refractivity contribution in [3.8, 4) is 10.6 Å². The first-order valence-corrected chi connectivity index (χ1v) is 12.0. The van der Waals surface area contributed by atoms with Crippen LogP contribution in [0.4, 0.5) is 9.18 Å². The van der Waals surface area contributed by atoms with Gasteiger partial charge in [-0.3, -0.25) is 4.68 Å². The van der Waals surface area contributed by atoms with E-state index in [9.17, 15) is 9.18 Å². The highest BCUT2D eigenvalue weighted by Gasteiger charge is 2.24. The summed E-state index contributed by atoms with van der Waals surface area (Å²) in [4.78, 5) is 20.9. The maximum absolute atomic E-state index is 14.5. The van der Waals surface area contributed by atoms with Crippen LogP contribution >= 0.6 is 22.7 Å². The number of rotatable bonds is 2. The molecule has 3 aromatic heterocycles. The first kappa shape index (κ1) is 21.1. The largest absolute Gasteiger partial charge is 0.444 e. The molecule has 166 valence electrons. The van der Waals surface area contributed by atoms with Gasteiger partial charge in [0.15, 0.2) is 5.82 Å². The number of carbonyl (C=O) groups excluding carboxylic acids is 1. The third-order valence-electron chi connectivity index (χ3n) is 5.19. The molecule has 4 aromatic rings. The molecule has 0 fully saturated rings. The molecule has 0 spiro atoms. The van der Waals surface area contributed by atoms with Crippen LogP contribution in [0.25, 0.3) is 36.6 Å². The summed E-state index contributed by atoms with van der Waals surface area (Å²) in [7, 11) is 1.78. The number of aryl methyl sites for hydroxylation is 1. The molecule has 0 atom stereocenters. The Balaban J connectivity index is 1.36. The van der Waals surface area contributed by atoms with Crippen molar-refractivity contribution in [3.05, 3.63) is 41.2 Å². The van der Waals surface area contributed by atoms with Gasteiger partial charge in [0.05, 0.1) is 4.70 Å². The van der Waals surface area contributed by atoms with Gasteiger partial charge in [-0.05, 0) is 51.0 Å². The Hall–Kier alpha value is -2.78. The number of thiophene rings is 1. The molecule has 0 bridgehead atoms. The zero-order valence-corrected chi connectivity index (χ0v) is 19.9. The van der Waals surface area contributed by atoms with Crippen LogP contribution in [0, 0.1) is 5.82 Å². The van der Waals surface area contributed by atoms with Crippen LogP contribution in [0.3, 0.4) is 0 Å². The number of ether oxygens (including phenoxy) is 1. The van der Waals surface area contributed by atoms with E-state index in [-0.39, 0.29) is 11.9 Å². The molecule has 9 heteroatoms. The Kier molecular flexibility index (Phi) is 5.05. The number of hydrogen-bond donors (Lipinski definition) is 0. The molecule has 0 N–H and O–H groups in total. The Bertz CT molecular complexity index is 1340. The minimum absolute atomic E-state index is 0.274. The summed E-state index contributed by atoms with van der Waals surface area (Å²) in [6, 6.07) is 5.59. The van der Waals surface area contributed by atoms with Crippen molar-refractivity contribution < 1.29 is 13.9 Å². The second kappa shape index (κ2) is 7.67. The Morgan fingerprint density at radius 2 is 2.03 bits per heavy atom. The van der Waals surface area contributed by atoms with E-state index in [0.29, 0.717) is 18.6 Å². The number of thiazole rings is 1. The van der Waals surface area contributed by atoms with Gasteiger partial charge in [0.25, 0.3) is 0 Å². The van der Waals surface area contributed by atoms with Gasteiger partial charge < -0.3 is 9.64 Å². The molecule has 0 saturated heterocycles. The lowest BCUT2D eigenvalue weighted by molar-refractivity contribution is 0.0270. The molecule has 5 rings (SSSR count). The van der Waals surface area contributed by atoms with Crippen LogP contribution in [-0.4, -0.2) is 44.4 Å². The number of hydrogen-bond acceptors (Lipinski definition) is 6. The summed E-state index contributed by atoms with van der Waals surface area (Å²) in [6.07, 6.45) is 4.41. The summed E-state index contributed by atoms with van der Waals surface area (Å²) < 4.78 is 22.6. The van der Waals surface area contributed by atoms with E-state index in [1.807, 2.05) is 33.0 Å². The van der Waals surface area contributed by atoms with Crippen molar-refractivity contribution in [2.75, 3.05) is 13.1 Å². The third-order valence-corrected chi connectivity index (χ3v) is 7.48. The smallest absolute Gasteiger partial charge is 0.410 e. The van der Waals surface area contributed by atoms with Crippen molar-refractivity contribution in [2.24, 2.45) is 7.05 Å². The second-order valence-electron chi connectivity index (χ2n) is 8.90. The highest BCUT2D eigenvalue weighted by molar-refractivity contribution is 7.29. The highest BCUT2D eigenvalue weighted by Crippen LogP contribution is 2.39. The minimum atomic E-state index is -0.493. The lowest BCUT2D eigenvalue weighted by Crippen LogP contribution is -2.39. The summed E-state index contributed by atoms with van der Waals surface area (Å²) in [5.41, 5.74) is 1.88. The summed E-state index contributed by atoms with van der Waals surface area (Å²) in [5.74, 6) is -0.334. The number of aromatic nitrogens is 3. The van der Waals surface area contributed by atoms with E-state index in [1.54, 1.807) is 39.3 Å². The van der Waals surface area contributed by atoms with Crippen LogP contribution < -0.4 is 0 Å². The molecule has 0 unspecified atom stereocenters. The predicted octanol–water partition coefficient (Wildman–Crippen LogP) is 6.07. The molecule has 0 radical (unpaired) electrons. The third kappa shape index (κ3) is 4.02. The quantitative estimate of drug-likeness (QED) is 0.356. The van der Waals surface area contributed by atoms with Crippen LogP contribution in [0.2, 0.25) is 0 Å². The van der Waals surface area contributed by atoms with Gasteiger partial charge in [-0.2, -0.15) is 5.10 Å². The van der Waals surface area contributed by atoms with E-state index in [0.717, 1.165) is 31.9 Å². The first-order valence-electron chi connectivity index (χ1n) is 10.4.